The lowest BCUT2D eigenvalue weighted by Crippen LogP contribution is -2.48. The molecule has 0 N–H and O–H groups in total. The molecule has 168 valence electrons. The number of anilines is 1. The van der Waals surface area contributed by atoms with Crippen LogP contribution in [0.1, 0.15) is 17.7 Å². The molecule has 0 aliphatic carbocycles. The highest BCUT2D eigenvalue weighted by molar-refractivity contribution is 5.53. The average Bonchev–Trinajstić information content (AvgIpc) is 2.79. The van der Waals surface area contributed by atoms with Crippen molar-refractivity contribution in [2.75, 3.05) is 31.2 Å². The Morgan fingerprint density at radius 2 is 1.94 bits per heavy atom. The zero-order chi connectivity index (χ0) is 22.4. The number of piperidine rings is 1. The third-order valence-electron chi connectivity index (χ3n) is 5.67. The van der Waals surface area contributed by atoms with Gasteiger partial charge in [0, 0.05) is 19.0 Å². The molecule has 2 aliphatic heterocycles. The molecular weight excluding hydrogens is 422 g/mol. The number of benzene rings is 1. The van der Waals surface area contributed by atoms with Crippen molar-refractivity contribution in [3.8, 4) is 17.2 Å². The smallest absolute Gasteiger partial charge is 0.310 e. The van der Waals surface area contributed by atoms with E-state index in [0.717, 1.165) is 10.1 Å². The second kappa shape index (κ2) is 7.92. The van der Waals surface area contributed by atoms with E-state index >= 15 is 4.39 Å². The van der Waals surface area contributed by atoms with Crippen LogP contribution in [0.3, 0.4) is 0 Å². The van der Waals surface area contributed by atoms with Crippen LogP contribution in [0.15, 0.2) is 29.1 Å². The van der Waals surface area contributed by atoms with Crippen molar-refractivity contribution in [1.82, 2.24) is 14.6 Å². The Labute approximate surface area is 182 Å². The van der Waals surface area contributed by atoms with Gasteiger partial charge in [0.25, 0.3) is 0 Å². The van der Waals surface area contributed by atoms with Gasteiger partial charge in [-0.05, 0) is 37.6 Å². The summed E-state index contributed by atoms with van der Waals surface area (Å²) in [7, 11) is 0. The van der Waals surface area contributed by atoms with Gasteiger partial charge < -0.3 is 19.1 Å². The fourth-order valence-corrected chi connectivity index (χ4v) is 4.03. The number of alkyl halides is 1. The van der Waals surface area contributed by atoms with Crippen LogP contribution in [0.4, 0.5) is 14.6 Å². The Balaban J connectivity index is 1.35. The van der Waals surface area contributed by atoms with E-state index in [1.807, 2.05) is 0 Å². The number of halogens is 2. The van der Waals surface area contributed by atoms with Crippen molar-refractivity contribution in [2.45, 2.75) is 32.5 Å². The molecule has 0 radical (unpaired) electrons. The van der Waals surface area contributed by atoms with Crippen LogP contribution in [0.5, 0.6) is 17.2 Å². The quantitative estimate of drug-likeness (QED) is 0.615. The molecule has 0 amide bonds. The summed E-state index contributed by atoms with van der Waals surface area (Å²) in [6, 6.07) is 6.85. The molecule has 0 spiro atoms. The monoisotopic (exact) mass is 444 g/mol. The Morgan fingerprint density at radius 1 is 1.16 bits per heavy atom. The molecule has 5 rings (SSSR count). The predicted octanol–water partition coefficient (Wildman–Crippen LogP) is 2.61. The molecule has 3 aromatic rings. The van der Waals surface area contributed by atoms with Gasteiger partial charge in [0.15, 0.2) is 29.1 Å². The predicted molar refractivity (Wildman–Crippen MR) is 112 cm³/mol. The van der Waals surface area contributed by atoms with Gasteiger partial charge in [-0.25, -0.2) is 9.37 Å². The van der Waals surface area contributed by atoms with Gasteiger partial charge in [0.2, 0.25) is 5.82 Å². The number of hydrogen-bond acceptors (Lipinski definition) is 7. The summed E-state index contributed by atoms with van der Waals surface area (Å²) in [6.07, 6.45) is -1.53. The zero-order valence-corrected chi connectivity index (χ0v) is 17.7. The molecular formula is C22H22F2N4O4. The molecule has 1 fully saturated rings. The van der Waals surface area contributed by atoms with E-state index in [0.29, 0.717) is 49.2 Å². The Morgan fingerprint density at radius 3 is 2.72 bits per heavy atom. The lowest BCUT2D eigenvalue weighted by atomic mass is 10.1. The standard InChI is InChI=1S/C22H22F2N4O4/c1-12-9-19-25-13(2)20(24)22(29)28(19)26-21(12)27-6-5-16(15(23)11-27)32-14-3-4-17-18(10-14)31-8-7-30-17/h3-4,9-10,15-16H,5-8,11H2,1-2H3/t15-,16-/m1/s1. The molecule has 2 aromatic heterocycles. The molecule has 4 heterocycles. The molecule has 1 aromatic carbocycles. The van der Waals surface area contributed by atoms with Crippen LogP contribution < -0.4 is 24.7 Å². The normalized spacial score (nSPS) is 20.4. The Hall–Kier alpha value is -3.43. The second-order valence-corrected chi connectivity index (χ2v) is 7.95. The van der Waals surface area contributed by atoms with Crippen molar-refractivity contribution in [3.05, 3.63) is 51.7 Å². The minimum Gasteiger partial charge on any atom is -0.487 e. The van der Waals surface area contributed by atoms with Gasteiger partial charge in [-0.3, -0.25) is 4.79 Å². The van der Waals surface area contributed by atoms with Gasteiger partial charge in [0.05, 0.1) is 12.2 Å². The van der Waals surface area contributed by atoms with E-state index in [2.05, 4.69) is 10.1 Å². The molecule has 8 nitrogen and oxygen atoms in total. The van der Waals surface area contributed by atoms with Gasteiger partial charge in [-0.1, -0.05) is 0 Å². The minimum atomic E-state index is -1.29. The first kappa shape index (κ1) is 20.5. The minimum absolute atomic E-state index is 0.0184. The zero-order valence-electron chi connectivity index (χ0n) is 17.7. The highest BCUT2D eigenvalue weighted by Crippen LogP contribution is 2.35. The number of fused-ring (bicyclic) bond motifs is 2. The van der Waals surface area contributed by atoms with Crippen LogP contribution in [-0.2, 0) is 0 Å². The molecule has 1 saturated heterocycles. The van der Waals surface area contributed by atoms with Crippen molar-refractivity contribution in [1.29, 1.82) is 0 Å². The van der Waals surface area contributed by atoms with Crippen LogP contribution in [0.25, 0.3) is 5.65 Å². The van der Waals surface area contributed by atoms with Crippen molar-refractivity contribution < 1.29 is 23.0 Å². The first-order chi connectivity index (χ1) is 15.4. The van der Waals surface area contributed by atoms with E-state index in [1.165, 1.54) is 6.92 Å². The third-order valence-corrected chi connectivity index (χ3v) is 5.67. The Bertz CT molecular complexity index is 1250. The first-order valence-electron chi connectivity index (χ1n) is 10.4. The molecule has 10 heteroatoms. The highest BCUT2D eigenvalue weighted by Gasteiger charge is 2.33. The van der Waals surface area contributed by atoms with Crippen molar-refractivity contribution >= 4 is 11.5 Å². The lowest BCUT2D eigenvalue weighted by molar-refractivity contribution is 0.0809. The van der Waals surface area contributed by atoms with Gasteiger partial charge in [-0.2, -0.15) is 8.91 Å². The maximum atomic E-state index is 15.1. The molecule has 0 bridgehead atoms. The number of aromatic nitrogens is 3. The number of nitrogens with zero attached hydrogens (tertiary/aromatic N) is 4. The fraction of sp³-hybridized carbons (Fsp3) is 0.409. The van der Waals surface area contributed by atoms with E-state index in [-0.39, 0.29) is 17.9 Å². The SMILES string of the molecule is Cc1cc2nc(C)c(F)c(=O)n2nc1N1CC[C@@H](Oc2ccc3c(c2)OCCO3)[C@H](F)C1. The summed E-state index contributed by atoms with van der Waals surface area (Å²) >= 11 is 0. The van der Waals surface area contributed by atoms with E-state index in [9.17, 15) is 9.18 Å². The van der Waals surface area contributed by atoms with Crippen LogP contribution in [0.2, 0.25) is 0 Å². The maximum Gasteiger partial charge on any atom is 0.310 e. The summed E-state index contributed by atoms with van der Waals surface area (Å²) in [5.74, 6) is 1.21. The topological polar surface area (TPSA) is 78.2 Å². The van der Waals surface area contributed by atoms with Crippen molar-refractivity contribution in [3.63, 3.8) is 0 Å². The summed E-state index contributed by atoms with van der Waals surface area (Å²) in [4.78, 5) is 18.1. The average molecular weight is 444 g/mol. The van der Waals surface area contributed by atoms with Crippen LogP contribution in [-0.4, -0.2) is 53.2 Å². The molecule has 0 saturated carbocycles. The van der Waals surface area contributed by atoms with E-state index in [4.69, 9.17) is 14.2 Å². The molecule has 32 heavy (non-hydrogen) atoms. The van der Waals surface area contributed by atoms with Crippen LogP contribution >= 0.6 is 0 Å². The molecule has 2 aliphatic rings. The summed E-state index contributed by atoms with van der Waals surface area (Å²) in [6.45, 7) is 4.69. The number of aryl methyl sites for hydroxylation is 2. The summed E-state index contributed by atoms with van der Waals surface area (Å²) in [5, 5.41) is 4.28. The Kier molecular flexibility index (Phi) is 5.07. The van der Waals surface area contributed by atoms with Gasteiger partial charge in [0.1, 0.15) is 25.1 Å². The third kappa shape index (κ3) is 3.59. The molecule has 0 unspecified atom stereocenters. The van der Waals surface area contributed by atoms with Crippen molar-refractivity contribution in [2.24, 2.45) is 0 Å². The second-order valence-electron chi connectivity index (χ2n) is 7.95. The lowest BCUT2D eigenvalue weighted by Gasteiger charge is -2.36. The van der Waals surface area contributed by atoms with E-state index < -0.39 is 23.7 Å². The maximum absolute atomic E-state index is 15.1. The largest absolute Gasteiger partial charge is 0.487 e. The summed E-state index contributed by atoms with van der Waals surface area (Å²) < 4.78 is 46.9. The van der Waals surface area contributed by atoms with E-state index in [1.54, 1.807) is 36.1 Å². The number of rotatable bonds is 3. The van der Waals surface area contributed by atoms with Crippen LogP contribution in [0, 0.1) is 19.7 Å². The van der Waals surface area contributed by atoms with Gasteiger partial charge >= 0.3 is 5.56 Å². The molecule has 2 atom stereocenters. The number of hydrogen-bond donors (Lipinski definition) is 0. The summed E-state index contributed by atoms with van der Waals surface area (Å²) in [5.41, 5.74) is 0.123. The number of ether oxygens (including phenoxy) is 3. The highest BCUT2D eigenvalue weighted by atomic mass is 19.1. The van der Waals surface area contributed by atoms with Gasteiger partial charge in [-0.15, -0.1) is 5.10 Å². The first-order valence-corrected chi connectivity index (χ1v) is 10.4. The fourth-order valence-electron chi connectivity index (χ4n) is 4.03.